The summed E-state index contributed by atoms with van der Waals surface area (Å²) in [6.45, 7) is 9.85. The maximum absolute atomic E-state index is 12.8. The average Bonchev–Trinajstić information content (AvgIpc) is 3.48. The number of carbonyl (C=O) groups excluding carboxylic acids is 1. The summed E-state index contributed by atoms with van der Waals surface area (Å²) in [5.74, 6) is -0.122. The first kappa shape index (κ1) is 23.9. The normalized spacial score (nSPS) is 11.3. The predicted octanol–water partition coefficient (Wildman–Crippen LogP) is 3.97. The second-order valence-electron chi connectivity index (χ2n) is 7.44. The van der Waals surface area contributed by atoms with Gasteiger partial charge < -0.3 is 15.2 Å². The Bertz CT molecular complexity index is 1140. The molecule has 0 aliphatic rings. The molecule has 3 rings (SSSR count). The molecule has 0 aliphatic carbocycles. The van der Waals surface area contributed by atoms with Gasteiger partial charge >= 0.3 is 0 Å². The van der Waals surface area contributed by atoms with E-state index in [0.717, 1.165) is 29.1 Å². The van der Waals surface area contributed by atoms with Crippen LogP contribution in [-0.2, 0) is 19.5 Å². The number of amides is 1. The number of hydrogen-bond acceptors (Lipinski definition) is 5. The number of nitrogens with zero attached hydrogens (tertiary/aromatic N) is 4. The molecule has 0 aliphatic heterocycles. The highest BCUT2D eigenvalue weighted by Gasteiger charge is 2.20. The highest BCUT2D eigenvalue weighted by Crippen LogP contribution is 2.34. The number of carbonyl (C=O) groups is 1. The summed E-state index contributed by atoms with van der Waals surface area (Å²) in [5, 5.41) is 12.6. The third-order valence-corrected chi connectivity index (χ3v) is 6.53. The predicted molar refractivity (Wildman–Crippen MR) is 136 cm³/mol. The van der Waals surface area contributed by atoms with E-state index in [1.54, 1.807) is 29.4 Å². The lowest BCUT2D eigenvalue weighted by Crippen LogP contribution is -2.31. The van der Waals surface area contributed by atoms with Gasteiger partial charge in [0.15, 0.2) is 0 Å². The van der Waals surface area contributed by atoms with Crippen LogP contribution < -0.4 is 10.6 Å². The number of hydrogen-bond donors (Lipinski definition) is 2. The van der Waals surface area contributed by atoms with Crippen LogP contribution in [0.2, 0.25) is 0 Å². The van der Waals surface area contributed by atoms with E-state index in [1.165, 1.54) is 10.4 Å². The van der Waals surface area contributed by atoms with E-state index in [4.69, 9.17) is 12.2 Å². The van der Waals surface area contributed by atoms with Gasteiger partial charge in [-0.15, -0.1) is 11.3 Å². The lowest BCUT2D eigenvalue weighted by Gasteiger charge is -2.16. The summed E-state index contributed by atoms with van der Waals surface area (Å²) in [6, 6.07) is 6.09. The number of thiocarbonyl (C=S) groups is 1. The highest BCUT2D eigenvalue weighted by atomic mass is 32.1. The molecular weight excluding hydrogens is 440 g/mol. The molecule has 32 heavy (non-hydrogen) atoms. The third kappa shape index (κ3) is 4.99. The minimum Gasteiger partial charge on any atom is -0.349 e. The Morgan fingerprint density at radius 1 is 1.28 bits per heavy atom. The van der Waals surface area contributed by atoms with Crippen LogP contribution in [0.25, 0.3) is 10.6 Å². The van der Waals surface area contributed by atoms with Crippen LogP contribution in [-0.4, -0.2) is 45.2 Å². The maximum Gasteiger partial charge on any atom is 0.269 e. The van der Waals surface area contributed by atoms with Crippen LogP contribution in [0.15, 0.2) is 28.6 Å². The number of aliphatic imine (C=N–C) groups is 1. The molecule has 0 aromatic carbocycles. The first-order chi connectivity index (χ1) is 15.4. The van der Waals surface area contributed by atoms with Gasteiger partial charge in [-0.05, 0) is 61.9 Å². The van der Waals surface area contributed by atoms with Crippen molar-refractivity contribution >= 4 is 40.8 Å². The molecule has 3 aromatic rings. The number of rotatable bonds is 9. The van der Waals surface area contributed by atoms with Gasteiger partial charge in [0, 0.05) is 26.7 Å². The van der Waals surface area contributed by atoms with Gasteiger partial charge in [0.1, 0.15) is 10.7 Å². The van der Waals surface area contributed by atoms with Gasteiger partial charge in [-0.3, -0.25) is 14.5 Å². The molecule has 3 heterocycles. The number of thiophene rings is 1. The van der Waals surface area contributed by atoms with Crippen LogP contribution >= 0.6 is 23.6 Å². The van der Waals surface area contributed by atoms with Crippen LogP contribution in [0.3, 0.4) is 0 Å². The Labute approximate surface area is 198 Å². The Balaban J connectivity index is 1.89. The van der Waals surface area contributed by atoms with Crippen molar-refractivity contribution in [3.8, 4) is 10.6 Å². The van der Waals surface area contributed by atoms with Crippen molar-refractivity contribution in [3.05, 3.63) is 51.8 Å². The zero-order chi connectivity index (χ0) is 23.3. The zero-order valence-electron chi connectivity index (χ0n) is 19.2. The Morgan fingerprint density at radius 3 is 2.75 bits per heavy atom. The zero-order valence-corrected chi connectivity index (χ0v) is 20.9. The molecule has 0 spiro atoms. The summed E-state index contributed by atoms with van der Waals surface area (Å²) in [5.41, 5.74) is 5.93. The Kier molecular flexibility index (Phi) is 7.98. The van der Waals surface area contributed by atoms with Gasteiger partial charge in [0.2, 0.25) is 0 Å². The molecule has 0 saturated carbocycles. The minimum atomic E-state index is -0.122. The molecule has 0 saturated heterocycles. The Morgan fingerprint density at radius 2 is 2.06 bits per heavy atom. The van der Waals surface area contributed by atoms with Gasteiger partial charge in [0.05, 0.1) is 28.3 Å². The monoisotopic (exact) mass is 470 g/mol. The van der Waals surface area contributed by atoms with Crippen molar-refractivity contribution in [1.29, 1.82) is 0 Å². The van der Waals surface area contributed by atoms with E-state index in [2.05, 4.69) is 56.7 Å². The fourth-order valence-corrected chi connectivity index (χ4v) is 5.10. The number of aryl methyl sites for hydroxylation is 4. The van der Waals surface area contributed by atoms with Gasteiger partial charge in [-0.1, -0.05) is 19.1 Å². The molecule has 170 valence electrons. The SMILES string of the molecule is CCc1ccsc1-c1c(C)cc(C(=S)NC=NC)n1CCNC(=O)c1cc(C)nn1CC. The van der Waals surface area contributed by atoms with Crippen LogP contribution in [0.5, 0.6) is 0 Å². The second-order valence-corrected chi connectivity index (χ2v) is 8.77. The first-order valence-corrected chi connectivity index (χ1v) is 12.0. The van der Waals surface area contributed by atoms with E-state index >= 15 is 0 Å². The summed E-state index contributed by atoms with van der Waals surface area (Å²) in [7, 11) is 1.70. The van der Waals surface area contributed by atoms with Crippen molar-refractivity contribution in [1.82, 2.24) is 25.0 Å². The minimum absolute atomic E-state index is 0.122. The van der Waals surface area contributed by atoms with Crippen molar-refractivity contribution in [2.24, 2.45) is 4.99 Å². The highest BCUT2D eigenvalue weighted by molar-refractivity contribution is 7.80. The third-order valence-electron chi connectivity index (χ3n) is 5.24. The van der Waals surface area contributed by atoms with Crippen molar-refractivity contribution in [2.75, 3.05) is 13.6 Å². The van der Waals surface area contributed by atoms with Gasteiger partial charge in [0.25, 0.3) is 5.91 Å². The summed E-state index contributed by atoms with van der Waals surface area (Å²) in [6.07, 6.45) is 2.55. The quantitative estimate of drug-likeness (QED) is 0.282. The van der Waals surface area contributed by atoms with Crippen molar-refractivity contribution < 1.29 is 4.79 Å². The van der Waals surface area contributed by atoms with Gasteiger partial charge in [-0.2, -0.15) is 5.10 Å². The molecule has 0 radical (unpaired) electrons. The lowest BCUT2D eigenvalue weighted by molar-refractivity contribution is 0.0941. The van der Waals surface area contributed by atoms with E-state index in [9.17, 15) is 4.79 Å². The molecule has 3 aromatic heterocycles. The number of nitrogens with one attached hydrogen (secondary N) is 2. The largest absolute Gasteiger partial charge is 0.349 e. The molecule has 7 nitrogen and oxygen atoms in total. The lowest BCUT2D eigenvalue weighted by atomic mass is 10.1. The maximum atomic E-state index is 12.8. The topological polar surface area (TPSA) is 76.2 Å². The standard InChI is InChI=1S/C23H30N6OS2/c1-6-17-8-11-32-21(17)20-15(3)12-19(23(31)26-14-24-5)28(20)10-9-25-22(30)18-13-16(4)27-29(18)7-2/h8,11-14H,6-7,9-10H2,1-5H3,(H,25,30)(H,24,26,31). The smallest absolute Gasteiger partial charge is 0.269 e. The van der Waals surface area contributed by atoms with Crippen molar-refractivity contribution in [3.63, 3.8) is 0 Å². The van der Waals surface area contributed by atoms with E-state index in [-0.39, 0.29) is 5.91 Å². The molecule has 0 fully saturated rings. The fourth-order valence-electron chi connectivity index (χ4n) is 3.77. The Hall–Kier alpha value is -2.78. The summed E-state index contributed by atoms with van der Waals surface area (Å²) < 4.78 is 3.92. The molecule has 9 heteroatoms. The van der Waals surface area contributed by atoms with Crippen LogP contribution in [0, 0.1) is 13.8 Å². The van der Waals surface area contributed by atoms with E-state index < -0.39 is 0 Å². The summed E-state index contributed by atoms with van der Waals surface area (Å²) >= 11 is 7.37. The fraction of sp³-hybridized carbons (Fsp3) is 0.391. The van der Waals surface area contributed by atoms with E-state index in [1.807, 2.05) is 19.9 Å². The summed E-state index contributed by atoms with van der Waals surface area (Å²) in [4.78, 5) is 18.6. The molecule has 0 unspecified atom stereocenters. The molecule has 0 bridgehead atoms. The van der Waals surface area contributed by atoms with Crippen molar-refractivity contribution in [2.45, 2.75) is 47.2 Å². The second kappa shape index (κ2) is 10.7. The van der Waals surface area contributed by atoms with E-state index in [0.29, 0.717) is 30.3 Å². The molecule has 0 atom stereocenters. The van der Waals surface area contributed by atoms with Crippen LogP contribution in [0.1, 0.15) is 46.9 Å². The average molecular weight is 471 g/mol. The molecule has 2 N–H and O–H groups in total. The molecular formula is C23H30N6OS2. The molecule has 1 amide bonds. The number of aromatic nitrogens is 3. The van der Waals surface area contributed by atoms with Crippen LogP contribution in [0.4, 0.5) is 0 Å². The van der Waals surface area contributed by atoms with Gasteiger partial charge in [-0.25, -0.2) is 0 Å². The first-order valence-electron chi connectivity index (χ1n) is 10.7.